The molecule has 1 fully saturated rings. The zero-order valence-electron chi connectivity index (χ0n) is 17.4. The third-order valence-electron chi connectivity index (χ3n) is 5.34. The number of benzene rings is 1. The largest absolute Gasteiger partial charge is 0.465 e. The number of aliphatic imine (C=N–C) groups is 1. The standard InChI is InChI=1S/C22H26N2O6/c1-4-10-29-21(25)18-13(2)23-14(3)19(22(26)30-12-15-8-9-15)20(18)16-6-5-7-17(11-16)24(27)28/h5-7,11,15,18,20H,4,8-10,12H2,1-3H3. The Morgan fingerprint density at radius 1 is 1.23 bits per heavy atom. The van der Waals surface area contributed by atoms with Gasteiger partial charge in [-0.3, -0.25) is 19.9 Å². The van der Waals surface area contributed by atoms with Crippen LogP contribution < -0.4 is 0 Å². The summed E-state index contributed by atoms with van der Waals surface area (Å²) in [6, 6.07) is 5.99. The van der Waals surface area contributed by atoms with E-state index >= 15 is 0 Å². The van der Waals surface area contributed by atoms with Crippen LogP contribution in [-0.4, -0.2) is 35.8 Å². The van der Waals surface area contributed by atoms with E-state index in [4.69, 9.17) is 9.47 Å². The quantitative estimate of drug-likeness (QED) is 0.362. The van der Waals surface area contributed by atoms with Crippen LogP contribution in [0.4, 0.5) is 5.69 Å². The van der Waals surface area contributed by atoms with E-state index in [1.165, 1.54) is 12.1 Å². The number of nitro groups is 1. The fourth-order valence-corrected chi connectivity index (χ4v) is 3.65. The highest BCUT2D eigenvalue weighted by atomic mass is 16.6. The Balaban J connectivity index is 2.05. The Hall–Kier alpha value is -3.03. The minimum Gasteiger partial charge on any atom is -0.465 e. The molecule has 0 bridgehead atoms. The lowest BCUT2D eigenvalue weighted by Gasteiger charge is -2.31. The van der Waals surface area contributed by atoms with E-state index in [2.05, 4.69) is 4.99 Å². The number of nitro benzene ring substituents is 1. The fraction of sp³-hybridized carbons (Fsp3) is 0.500. The van der Waals surface area contributed by atoms with Crippen LogP contribution in [0.25, 0.3) is 0 Å². The van der Waals surface area contributed by atoms with Crippen molar-refractivity contribution in [2.45, 2.75) is 46.0 Å². The van der Waals surface area contributed by atoms with Gasteiger partial charge in [0, 0.05) is 29.5 Å². The average molecular weight is 414 g/mol. The zero-order valence-corrected chi connectivity index (χ0v) is 17.4. The summed E-state index contributed by atoms with van der Waals surface area (Å²) in [6.45, 7) is 5.85. The summed E-state index contributed by atoms with van der Waals surface area (Å²) in [5.74, 6) is -2.29. The minimum absolute atomic E-state index is 0.114. The lowest BCUT2D eigenvalue weighted by atomic mass is 9.75. The van der Waals surface area contributed by atoms with Gasteiger partial charge in [0.25, 0.3) is 5.69 Å². The van der Waals surface area contributed by atoms with Gasteiger partial charge in [0.05, 0.1) is 23.7 Å². The van der Waals surface area contributed by atoms with Gasteiger partial charge in [-0.15, -0.1) is 0 Å². The van der Waals surface area contributed by atoms with Crippen LogP contribution in [0.15, 0.2) is 40.5 Å². The number of rotatable bonds is 8. The third kappa shape index (κ3) is 4.75. The summed E-state index contributed by atoms with van der Waals surface area (Å²) < 4.78 is 10.9. The number of nitrogens with zero attached hydrogens (tertiary/aromatic N) is 2. The molecule has 0 radical (unpaired) electrons. The summed E-state index contributed by atoms with van der Waals surface area (Å²) in [5, 5.41) is 11.3. The second kappa shape index (κ2) is 9.19. The molecule has 1 saturated carbocycles. The summed E-state index contributed by atoms with van der Waals surface area (Å²) >= 11 is 0. The zero-order chi connectivity index (χ0) is 21.8. The molecular weight excluding hydrogens is 388 g/mol. The predicted octanol–water partition coefficient (Wildman–Crippen LogP) is 3.95. The van der Waals surface area contributed by atoms with Crippen LogP contribution in [0.2, 0.25) is 0 Å². The van der Waals surface area contributed by atoms with Crippen molar-refractivity contribution < 1.29 is 24.0 Å². The van der Waals surface area contributed by atoms with Gasteiger partial charge in [-0.25, -0.2) is 4.79 Å². The monoisotopic (exact) mass is 414 g/mol. The third-order valence-corrected chi connectivity index (χ3v) is 5.34. The van der Waals surface area contributed by atoms with Crippen molar-refractivity contribution in [3.05, 3.63) is 51.2 Å². The van der Waals surface area contributed by atoms with Crippen LogP contribution in [-0.2, 0) is 19.1 Å². The lowest BCUT2D eigenvalue weighted by molar-refractivity contribution is -0.384. The molecule has 1 aliphatic heterocycles. The first-order chi connectivity index (χ1) is 14.3. The molecular formula is C22H26N2O6. The van der Waals surface area contributed by atoms with E-state index in [-0.39, 0.29) is 17.9 Å². The molecule has 160 valence electrons. The first-order valence-corrected chi connectivity index (χ1v) is 10.2. The van der Waals surface area contributed by atoms with Crippen LogP contribution in [0.5, 0.6) is 0 Å². The summed E-state index contributed by atoms with van der Waals surface area (Å²) in [4.78, 5) is 41.1. The van der Waals surface area contributed by atoms with Gasteiger partial charge < -0.3 is 9.47 Å². The second-order valence-corrected chi connectivity index (χ2v) is 7.77. The van der Waals surface area contributed by atoms with Gasteiger partial charge >= 0.3 is 11.9 Å². The SMILES string of the molecule is CCCOC(=O)C1C(C)=NC(C)=C(C(=O)OCC2CC2)C1c1cccc([N+](=O)[O-])c1. The van der Waals surface area contributed by atoms with Crippen molar-refractivity contribution in [2.24, 2.45) is 16.8 Å². The molecule has 2 unspecified atom stereocenters. The maximum absolute atomic E-state index is 13.0. The van der Waals surface area contributed by atoms with E-state index in [1.54, 1.807) is 26.0 Å². The molecule has 0 amide bonds. The number of hydrogen-bond acceptors (Lipinski definition) is 7. The molecule has 8 heteroatoms. The predicted molar refractivity (Wildman–Crippen MR) is 110 cm³/mol. The maximum Gasteiger partial charge on any atom is 0.336 e. The van der Waals surface area contributed by atoms with Crippen molar-refractivity contribution >= 4 is 23.3 Å². The number of hydrogen-bond donors (Lipinski definition) is 0. The van der Waals surface area contributed by atoms with Crippen LogP contribution in [0.1, 0.15) is 51.5 Å². The lowest BCUT2D eigenvalue weighted by Crippen LogP contribution is -2.36. The van der Waals surface area contributed by atoms with E-state index in [0.717, 1.165) is 12.8 Å². The summed E-state index contributed by atoms with van der Waals surface area (Å²) in [5.41, 5.74) is 1.57. The smallest absolute Gasteiger partial charge is 0.336 e. The Bertz CT molecular complexity index is 916. The van der Waals surface area contributed by atoms with Gasteiger partial charge in [-0.2, -0.15) is 0 Å². The highest BCUT2D eigenvalue weighted by molar-refractivity contribution is 6.07. The van der Waals surface area contributed by atoms with E-state index in [9.17, 15) is 19.7 Å². The molecule has 0 spiro atoms. The molecule has 1 aliphatic carbocycles. The molecule has 1 aromatic rings. The van der Waals surface area contributed by atoms with Crippen molar-refractivity contribution in [1.29, 1.82) is 0 Å². The van der Waals surface area contributed by atoms with Crippen LogP contribution >= 0.6 is 0 Å². The summed E-state index contributed by atoms with van der Waals surface area (Å²) in [6.07, 6.45) is 2.72. The molecule has 0 saturated heterocycles. The van der Waals surface area contributed by atoms with E-state index < -0.39 is 28.7 Å². The van der Waals surface area contributed by atoms with Crippen molar-refractivity contribution in [2.75, 3.05) is 13.2 Å². The highest BCUT2D eigenvalue weighted by Gasteiger charge is 2.43. The van der Waals surface area contributed by atoms with Gasteiger partial charge in [-0.1, -0.05) is 19.1 Å². The number of esters is 2. The molecule has 1 aromatic carbocycles. The van der Waals surface area contributed by atoms with Crippen LogP contribution in [0.3, 0.4) is 0 Å². The molecule has 30 heavy (non-hydrogen) atoms. The van der Waals surface area contributed by atoms with Gasteiger partial charge in [-0.05, 0) is 44.6 Å². The Labute approximate surface area is 175 Å². The van der Waals surface area contributed by atoms with E-state index in [1.807, 2.05) is 6.92 Å². The van der Waals surface area contributed by atoms with Crippen molar-refractivity contribution in [1.82, 2.24) is 0 Å². The van der Waals surface area contributed by atoms with Crippen LogP contribution in [0, 0.1) is 22.0 Å². The average Bonchev–Trinajstić information content (AvgIpc) is 3.54. The molecule has 8 nitrogen and oxygen atoms in total. The molecule has 2 atom stereocenters. The first-order valence-electron chi connectivity index (χ1n) is 10.2. The maximum atomic E-state index is 13.0. The Morgan fingerprint density at radius 3 is 2.60 bits per heavy atom. The molecule has 1 heterocycles. The topological polar surface area (TPSA) is 108 Å². The Morgan fingerprint density at radius 2 is 1.97 bits per heavy atom. The molecule has 3 rings (SSSR count). The van der Waals surface area contributed by atoms with Crippen molar-refractivity contribution in [3.63, 3.8) is 0 Å². The number of non-ortho nitro benzene ring substituents is 1. The van der Waals surface area contributed by atoms with Gasteiger partial charge in [0.15, 0.2) is 0 Å². The minimum atomic E-state index is -0.856. The Kier molecular flexibility index (Phi) is 6.64. The fourth-order valence-electron chi connectivity index (χ4n) is 3.65. The molecule has 0 N–H and O–H groups in total. The highest BCUT2D eigenvalue weighted by Crippen LogP contribution is 2.41. The number of carbonyl (C=O) groups excluding carboxylic acids is 2. The number of allylic oxidation sites excluding steroid dienone is 1. The first kappa shape index (κ1) is 21.7. The van der Waals surface area contributed by atoms with Gasteiger partial charge in [0.1, 0.15) is 5.92 Å². The second-order valence-electron chi connectivity index (χ2n) is 7.77. The van der Waals surface area contributed by atoms with Gasteiger partial charge in [0.2, 0.25) is 0 Å². The van der Waals surface area contributed by atoms with Crippen molar-refractivity contribution in [3.8, 4) is 0 Å². The molecule has 2 aliphatic rings. The number of carbonyl (C=O) groups is 2. The van der Waals surface area contributed by atoms with E-state index in [0.29, 0.717) is 35.9 Å². The molecule has 0 aromatic heterocycles. The normalized spacial score (nSPS) is 21.1. The summed E-state index contributed by atoms with van der Waals surface area (Å²) in [7, 11) is 0. The number of ether oxygens (including phenoxy) is 2.